The number of aliphatic imine (C=N–C) groups is 1. The van der Waals surface area contributed by atoms with Crippen LogP contribution in [0.2, 0.25) is 5.02 Å². The first-order valence-corrected chi connectivity index (χ1v) is 14.7. The second-order valence-corrected chi connectivity index (χ2v) is 11.5. The number of aryl methyl sites for hydroxylation is 1. The van der Waals surface area contributed by atoms with Gasteiger partial charge in [0.1, 0.15) is 5.65 Å². The lowest BCUT2D eigenvalue weighted by Crippen LogP contribution is -2.26. The Hall–Kier alpha value is -3.73. The smallest absolute Gasteiger partial charge is 0.354 e. The molecule has 0 radical (unpaired) electrons. The predicted octanol–water partition coefficient (Wildman–Crippen LogP) is 5.12. The van der Waals surface area contributed by atoms with Crippen LogP contribution in [0.1, 0.15) is 62.7 Å². The molecule has 2 aromatic heterocycles. The summed E-state index contributed by atoms with van der Waals surface area (Å²) in [5.41, 5.74) is 20.1. The minimum absolute atomic E-state index is 0.0299. The SMILES string of the molecule is C[C@H](N)CCCc1cc(Cl)c(F)c(-c2cc3cn(-c4ccc([C@@H]5CCC[C@@H](CCN=C(N)N)O5)cc4)c(=O)nc3[nH]2)c1. The molecule has 0 spiro atoms. The lowest BCUT2D eigenvalue weighted by molar-refractivity contribution is -0.0535. The number of hydrogen-bond donors (Lipinski definition) is 4. The maximum absolute atomic E-state index is 15.1. The first-order chi connectivity index (χ1) is 20.2. The Morgan fingerprint density at radius 2 is 2.02 bits per heavy atom. The van der Waals surface area contributed by atoms with Crippen molar-refractivity contribution in [2.45, 2.75) is 70.1 Å². The van der Waals surface area contributed by atoms with Crippen molar-refractivity contribution in [1.29, 1.82) is 0 Å². The van der Waals surface area contributed by atoms with Crippen molar-refractivity contribution in [2.75, 3.05) is 6.54 Å². The molecule has 42 heavy (non-hydrogen) atoms. The molecule has 1 aliphatic heterocycles. The molecular weight excluding hydrogens is 557 g/mol. The lowest BCUT2D eigenvalue weighted by atomic mass is 9.97. The second kappa shape index (κ2) is 13.1. The summed E-state index contributed by atoms with van der Waals surface area (Å²) in [6, 6.07) is 13.1. The van der Waals surface area contributed by atoms with Gasteiger partial charge in [-0.1, -0.05) is 23.7 Å². The van der Waals surface area contributed by atoms with Crippen LogP contribution in [0.25, 0.3) is 28.0 Å². The van der Waals surface area contributed by atoms with Gasteiger partial charge in [-0.3, -0.25) is 9.56 Å². The zero-order valence-corrected chi connectivity index (χ0v) is 24.4. The maximum atomic E-state index is 15.1. The molecular formula is C31H37ClFN7O2. The van der Waals surface area contributed by atoms with Gasteiger partial charge in [0.25, 0.3) is 0 Å². The molecule has 0 amide bonds. The van der Waals surface area contributed by atoms with Gasteiger partial charge in [0, 0.05) is 29.7 Å². The van der Waals surface area contributed by atoms with Gasteiger partial charge >= 0.3 is 5.69 Å². The highest BCUT2D eigenvalue weighted by Crippen LogP contribution is 2.33. The molecule has 0 aliphatic carbocycles. The number of nitrogens with two attached hydrogens (primary N) is 3. The fourth-order valence-corrected chi connectivity index (χ4v) is 5.72. The summed E-state index contributed by atoms with van der Waals surface area (Å²) in [5.74, 6) is -0.431. The first kappa shape index (κ1) is 29.8. The van der Waals surface area contributed by atoms with Crippen LogP contribution in [0.4, 0.5) is 4.39 Å². The van der Waals surface area contributed by atoms with Gasteiger partial charge in [0.2, 0.25) is 0 Å². The first-order valence-electron chi connectivity index (χ1n) is 14.4. The molecule has 1 fully saturated rings. The van der Waals surface area contributed by atoms with E-state index < -0.39 is 11.5 Å². The summed E-state index contributed by atoms with van der Waals surface area (Å²) < 4.78 is 22.9. The van der Waals surface area contributed by atoms with E-state index in [1.807, 2.05) is 31.2 Å². The van der Waals surface area contributed by atoms with E-state index in [4.69, 9.17) is 33.5 Å². The molecule has 11 heteroatoms. The number of nitrogens with zero attached hydrogens (tertiary/aromatic N) is 3. The number of fused-ring (bicyclic) bond motifs is 1. The molecule has 0 saturated carbocycles. The van der Waals surface area contributed by atoms with Gasteiger partial charge in [-0.05, 0) is 93.3 Å². The second-order valence-electron chi connectivity index (χ2n) is 11.1. The van der Waals surface area contributed by atoms with Crippen molar-refractivity contribution in [3.05, 3.63) is 81.1 Å². The highest BCUT2D eigenvalue weighted by Gasteiger charge is 2.23. The highest BCUT2D eigenvalue weighted by molar-refractivity contribution is 6.31. The van der Waals surface area contributed by atoms with Crippen LogP contribution in [0.15, 0.2) is 58.4 Å². The topological polar surface area (TPSA) is 150 Å². The Labute approximate surface area is 248 Å². The Morgan fingerprint density at radius 1 is 1.24 bits per heavy atom. The molecule has 0 bridgehead atoms. The van der Waals surface area contributed by atoms with E-state index in [2.05, 4.69) is 15.0 Å². The lowest BCUT2D eigenvalue weighted by Gasteiger charge is -2.30. The standard InChI is InChI=1S/C31H37ClFN7O2/c1-18(34)4-2-5-19-14-24(28(33)25(32)15-19)26-16-21-17-40(31(41)39-29(21)38-26)22-10-8-20(9-11-22)27-7-3-6-23(42-27)12-13-37-30(35)36/h8-11,14-18,23,27H,2-7,12-13,34H2,1H3,(H4,35,36,37)(H,38,39,41)/t18-,23-,27-/m0/s1. The fourth-order valence-electron chi connectivity index (χ4n) is 5.48. The molecule has 7 N–H and O–H groups in total. The van der Waals surface area contributed by atoms with E-state index in [0.717, 1.165) is 56.1 Å². The number of aromatic nitrogens is 3. The van der Waals surface area contributed by atoms with Crippen molar-refractivity contribution in [3.63, 3.8) is 0 Å². The van der Waals surface area contributed by atoms with Crippen LogP contribution in [0, 0.1) is 5.82 Å². The van der Waals surface area contributed by atoms with Gasteiger partial charge in [0.05, 0.1) is 28.6 Å². The number of benzene rings is 2. The summed E-state index contributed by atoms with van der Waals surface area (Å²) >= 11 is 6.24. The van der Waals surface area contributed by atoms with Gasteiger partial charge in [-0.25, -0.2) is 9.18 Å². The summed E-state index contributed by atoms with van der Waals surface area (Å²) in [6.07, 6.45) is 7.96. The van der Waals surface area contributed by atoms with Crippen molar-refractivity contribution < 1.29 is 9.13 Å². The van der Waals surface area contributed by atoms with Crippen molar-refractivity contribution in [2.24, 2.45) is 22.2 Å². The Kier molecular flexibility index (Phi) is 9.25. The van der Waals surface area contributed by atoms with E-state index in [1.165, 1.54) is 4.57 Å². The number of H-pyrrole nitrogens is 1. The van der Waals surface area contributed by atoms with E-state index >= 15 is 4.39 Å². The third-order valence-corrected chi connectivity index (χ3v) is 7.92. The molecule has 5 rings (SSSR count). The minimum Gasteiger partial charge on any atom is -0.370 e. The van der Waals surface area contributed by atoms with E-state index in [0.29, 0.717) is 34.5 Å². The molecule has 1 aliphatic rings. The highest BCUT2D eigenvalue weighted by atomic mass is 35.5. The summed E-state index contributed by atoms with van der Waals surface area (Å²) in [6.45, 7) is 2.50. The van der Waals surface area contributed by atoms with Gasteiger partial charge in [-0.15, -0.1) is 0 Å². The van der Waals surface area contributed by atoms with Crippen LogP contribution >= 0.6 is 11.6 Å². The van der Waals surface area contributed by atoms with E-state index in [1.54, 1.807) is 24.4 Å². The van der Waals surface area contributed by atoms with Gasteiger partial charge < -0.3 is 26.9 Å². The Morgan fingerprint density at radius 3 is 2.76 bits per heavy atom. The molecule has 222 valence electrons. The molecule has 1 saturated heterocycles. The van der Waals surface area contributed by atoms with Crippen LogP contribution in [0.3, 0.4) is 0 Å². The van der Waals surface area contributed by atoms with E-state index in [-0.39, 0.29) is 29.2 Å². The average Bonchev–Trinajstić information content (AvgIpc) is 3.37. The zero-order chi connectivity index (χ0) is 29.8. The number of hydrogen-bond acceptors (Lipinski definition) is 5. The van der Waals surface area contributed by atoms with Crippen LogP contribution in [-0.4, -0.2) is 39.2 Å². The number of aromatic amines is 1. The minimum atomic E-state index is -0.520. The van der Waals surface area contributed by atoms with E-state index in [9.17, 15) is 4.79 Å². The molecule has 0 unspecified atom stereocenters. The largest absolute Gasteiger partial charge is 0.370 e. The number of nitrogens with one attached hydrogen (secondary N) is 1. The van der Waals surface area contributed by atoms with Gasteiger partial charge in [-0.2, -0.15) is 4.98 Å². The zero-order valence-electron chi connectivity index (χ0n) is 23.7. The van der Waals surface area contributed by atoms with Crippen LogP contribution in [0.5, 0.6) is 0 Å². The average molecular weight is 594 g/mol. The summed E-state index contributed by atoms with van der Waals surface area (Å²) in [5, 5.41) is 0.724. The molecule has 3 atom stereocenters. The molecule has 3 heterocycles. The summed E-state index contributed by atoms with van der Waals surface area (Å²) in [7, 11) is 0. The van der Waals surface area contributed by atoms with Crippen LogP contribution in [-0.2, 0) is 11.2 Å². The number of rotatable bonds is 10. The van der Waals surface area contributed by atoms with Gasteiger partial charge in [0.15, 0.2) is 11.8 Å². The van der Waals surface area contributed by atoms with Crippen LogP contribution < -0.4 is 22.9 Å². The molecule has 4 aromatic rings. The molecule has 2 aromatic carbocycles. The number of guanidine groups is 1. The summed E-state index contributed by atoms with van der Waals surface area (Å²) in [4.78, 5) is 24.4. The Bertz CT molecular complexity index is 1630. The maximum Gasteiger partial charge on any atom is 0.354 e. The predicted molar refractivity (Wildman–Crippen MR) is 165 cm³/mol. The third-order valence-electron chi connectivity index (χ3n) is 7.65. The quantitative estimate of drug-likeness (QED) is 0.148. The monoisotopic (exact) mass is 593 g/mol. The Balaban J connectivity index is 1.35. The van der Waals surface area contributed by atoms with Crippen molar-refractivity contribution in [3.8, 4) is 16.9 Å². The van der Waals surface area contributed by atoms with Crippen molar-refractivity contribution >= 4 is 28.6 Å². The third kappa shape index (κ3) is 7.00. The molecule has 9 nitrogen and oxygen atoms in total. The fraction of sp³-hybridized carbons (Fsp3) is 0.387. The number of ether oxygens (including phenoxy) is 1. The number of halogens is 2. The van der Waals surface area contributed by atoms with Crippen molar-refractivity contribution in [1.82, 2.24) is 14.5 Å². The normalized spacial score (nSPS) is 17.8.